The summed E-state index contributed by atoms with van der Waals surface area (Å²) in [4.78, 5) is 2.54. The lowest BCUT2D eigenvalue weighted by Crippen LogP contribution is -2.32. The third kappa shape index (κ3) is 3.83. The van der Waals surface area contributed by atoms with E-state index in [4.69, 9.17) is 11.1 Å². The van der Waals surface area contributed by atoms with Gasteiger partial charge in [-0.1, -0.05) is 38.1 Å². The van der Waals surface area contributed by atoms with Gasteiger partial charge < -0.3 is 5.73 Å². The fourth-order valence-electron chi connectivity index (χ4n) is 2.84. The second-order valence-electron chi connectivity index (χ2n) is 6.55. The predicted molar refractivity (Wildman–Crippen MR) is 85.0 cm³/mol. The number of fused-ring (bicyclic) bond motifs is 1. The second kappa shape index (κ2) is 6.40. The molecule has 1 aromatic rings. The lowest BCUT2D eigenvalue weighted by atomic mass is 9.86. The minimum atomic E-state index is -0.163. The van der Waals surface area contributed by atoms with Crippen LogP contribution in [-0.2, 0) is 13.0 Å². The predicted octanol–water partition coefficient (Wildman–Crippen LogP) is 3.18. The van der Waals surface area contributed by atoms with Crippen LogP contribution in [-0.4, -0.2) is 23.8 Å². The van der Waals surface area contributed by atoms with Crippen molar-refractivity contribution in [3.8, 4) is 0 Å². The Labute approximate surface area is 122 Å². The molecule has 0 aromatic heterocycles. The first kappa shape index (κ1) is 15.0. The van der Waals surface area contributed by atoms with Crippen LogP contribution in [0.5, 0.6) is 0 Å². The van der Waals surface area contributed by atoms with Crippen molar-refractivity contribution in [3.63, 3.8) is 0 Å². The van der Waals surface area contributed by atoms with Crippen molar-refractivity contribution in [1.29, 1.82) is 5.41 Å². The van der Waals surface area contributed by atoms with Gasteiger partial charge in [0.15, 0.2) is 0 Å². The van der Waals surface area contributed by atoms with E-state index in [1.54, 1.807) is 0 Å². The quantitative estimate of drug-likeness (QED) is 0.639. The monoisotopic (exact) mass is 273 g/mol. The molecule has 0 fully saturated rings. The van der Waals surface area contributed by atoms with Gasteiger partial charge in [-0.25, -0.2) is 0 Å². The fraction of sp³-hybridized carbons (Fsp3) is 0.588. The van der Waals surface area contributed by atoms with Crippen LogP contribution in [0, 0.1) is 10.8 Å². The fourth-order valence-corrected chi connectivity index (χ4v) is 2.84. The Bertz CT molecular complexity index is 465. The Morgan fingerprint density at radius 2 is 2.00 bits per heavy atom. The van der Waals surface area contributed by atoms with Crippen molar-refractivity contribution in [2.45, 2.75) is 46.1 Å². The molecule has 0 spiro atoms. The number of benzene rings is 1. The molecule has 1 aliphatic heterocycles. The summed E-state index contributed by atoms with van der Waals surface area (Å²) in [6, 6.07) is 8.80. The Morgan fingerprint density at radius 3 is 2.70 bits per heavy atom. The first-order valence-corrected chi connectivity index (χ1v) is 7.63. The zero-order chi connectivity index (χ0) is 14.6. The molecule has 1 aromatic carbocycles. The molecule has 3 heteroatoms. The van der Waals surface area contributed by atoms with Crippen LogP contribution >= 0.6 is 0 Å². The molecule has 110 valence electrons. The molecule has 3 N–H and O–H groups in total. The number of rotatable bonds is 5. The first-order valence-electron chi connectivity index (χ1n) is 7.63. The SMILES string of the molecule is CC(C)(CCCN1CCCc2ccccc2C1)C(=N)N. The minimum Gasteiger partial charge on any atom is -0.387 e. The molecule has 3 nitrogen and oxygen atoms in total. The largest absolute Gasteiger partial charge is 0.387 e. The molecular formula is C17H27N3. The molecule has 0 radical (unpaired) electrons. The van der Waals surface area contributed by atoms with Crippen molar-refractivity contribution < 1.29 is 0 Å². The molecule has 0 unspecified atom stereocenters. The number of nitrogens with zero attached hydrogens (tertiary/aromatic N) is 1. The van der Waals surface area contributed by atoms with Crippen molar-refractivity contribution in [1.82, 2.24) is 4.90 Å². The summed E-state index contributed by atoms with van der Waals surface area (Å²) in [6.45, 7) is 7.47. The Morgan fingerprint density at radius 1 is 1.30 bits per heavy atom. The maximum Gasteiger partial charge on any atom is 0.0963 e. The van der Waals surface area contributed by atoms with E-state index in [1.165, 1.54) is 30.5 Å². The molecule has 2 rings (SSSR count). The molecular weight excluding hydrogens is 246 g/mol. The van der Waals surface area contributed by atoms with Gasteiger partial charge in [-0.15, -0.1) is 0 Å². The summed E-state index contributed by atoms with van der Waals surface area (Å²) in [7, 11) is 0. The minimum absolute atomic E-state index is 0.163. The van der Waals surface area contributed by atoms with Gasteiger partial charge in [0.1, 0.15) is 0 Å². The van der Waals surface area contributed by atoms with Crippen LogP contribution in [0.1, 0.15) is 44.2 Å². The number of hydrogen-bond acceptors (Lipinski definition) is 2. The van der Waals surface area contributed by atoms with Gasteiger partial charge in [0, 0.05) is 12.0 Å². The summed E-state index contributed by atoms with van der Waals surface area (Å²) in [5.41, 5.74) is 8.48. The average Bonchev–Trinajstić information content (AvgIpc) is 2.60. The third-order valence-electron chi connectivity index (χ3n) is 4.44. The van der Waals surface area contributed by atoms with Crippen LogP contribution in [0.3, 0.4) is 0 Å². The lowest BCUT2D eigenvalue weighted by molar-refractivity contribution is 0.253. The van der Waals surface area contributed by atoms with E-state index >= 15 is 0 Å². The topological polar surface area (TPSA) is 53.1 Å². The number of amidine groups is 1. The van der Waals surface area contributed by atoms with E-state index in [9.17, 15) is 0 Å². The van der Waals surface area contributed by atoms with Gasteiger partial charge in [-0.05, 0) is 49.9 Å². The Balaban J connectivity index is 1.87. The average molecular weight is 273 g/mol. The van der Waals surface area contributed by atoms with E-state index in [0.29, 0.717) is 5.84 Å². The molecule has 0 saturated heterocycles. The van der Waals surface area contributed by atoms with Gasteiger partial charge in [-0.3, -0.25) is 10.3 Å². The van der Waals surface area contributed by atoms with Gasteiger partial charge in [0.25, 0.3) is 0 Å². The van der Waals surface area contributed by atoms with E-state index in [2.05, 4.69) is 43.0 Å². The molecule has 0 amide bonds. The molecule has 0 bridgehead atoms. The van der Waals surface area contributed by atoms with E-state index in [1.807, 2.05) is 0 Å². The zero-order valence-electron chi connectivity index (χ0n) is 12.8. The highest BCUT2D eigenvalue weighted by atomic mass is 15.1. The van der Waals surface area contributed by atoms with Gasteiger partial charge in [-0.2, -0.15) is 0 Å². The van der Waals surface area contributed by atoms with Gasteiger partial charge in [0.2, 0.25) is 0 Å². The first-order chi connectivity index (χ1) is 9.49. The molecule has 0 aliphatic carbocycles. The summed E-state index contributed by atoms with van der Waals surface area (Å²) in [5, 5.41) is 7.62. The maximum atomic E-state index is 7.62. The molecule has 1 aliphatic rings. The third-order valence-corrected chi connectivity index (χ3v) is 4.44. The number of aryl methyl sites for hydroxylation is 1. The molecule has 1 heterocycles. The van der Waals surface area contributed by atoms with E-state index in [0.717, 1.165) is 25.9 Å². The normalized spacial score (nSPS) is 16.5. The van der Waals surface area contributed by atoms with E-state index in [-0.39, 0.29) is 5.41 Å². The van der Waals surface area contributed by atoms with Crippen molar-refractivity contribution in [2.75, 3.05) is 13.1 Å². The van der Waals surface area contributed by atoms with Crippen LogP contribution in [0.4, 0.5) is 0 Å². The number of nitrogens with two attached hydrogens (primary N) is 1. The Kier molecular flexibility index (Phi) is 4.81. The van der Waals surface area contributed by atoms with Crippen LogP contribution in [0.25, 0.3) is 0 Å². The smallest absolute Gasteiger partial charge is 0.0963 e. The molecule has 0 atom stereocenters. The summed E-state index contributed by atoms with van der Waals surface area (Å²) >= 11 is 0. The van der Waals surface area contributed by atoms with Crippen LogP contribution < -0.4 is 5.73 Å². The van der Waals surface area contributed by atoms with Crippen LogP contribution in [0.2, 0.25) is 0 Å². The zero-order valence-corrected chi connectivity index (χ0v) is 12.8. The number of nitrogens with one attached hydrogen (secondary N) is 1. The van der Waals surface area contributed by atoms with E-state index < -0.39 is 0 Å². The van der Waals surface area contributed by atoms with Crippen molar-refractivity contribution >= 4 is 5.84 Å². The summed E-state index contributed by atoms with van der Waals surface area (Å²) in [6.07, 6.45) is 4.54. The lowest BCUT2D eigenvalue weighted by Gasteiger charge is -2.25. The Hall–Kier alpha value is -1.35. The highest BCUT2D eigenvalue weighted by molar-refractivity contribution is 5.82. The highest BCUT2D eigenvalue weighted by Gasteiger charge is 2.21. The molecule has 20 heavy (non-hydrogen) atoms. The summed E-state index contributed by atoms with van der Waals surface area (Å²) in [5.74, 6) is 0.304. The van der Waals surface area contributed by atoms with Gasteiger partial charge >= 0.3 is 0 Å². The van der Waals surface area contributed by atoms with Gasteiger partial charge in [0.05, 0.1) is 5.84 Å². The highest BCUT2D eigenvalue weighted by Crippen LogP contribution is 2.23. The second-order valence-corrected chi connectivity index (χ2v) is 6.55. The van der Waals surface area contributed by atoms with Crippen molar-refractivity contribution in [2.24, 2.45) is 11.1 Å². The molecule has 0 saturated carbocycles. The van der Waals surface area contributed by atoms with Crippen LogP contribution in [0.15, 0.2) is 24.3 Å². The summed E-state index contributed by atoms with van der Waals surface area (Å²) < 4.78 is 0. The van der Waals surface area contributed by atoms with Crippen molar-refractivity contribution in [3.05, 3.63) is 35.4 Å². The number of hydrogen-bond donors (Lipinski definition) is 2. The maximum absolute atomic E-state index is 7.62. The standard InChI is InChI=1S/C17H27N3/c1-17(2,16(18)19)10-6-12-20-11-5-9-14-7-3-4-8-15(14)13-20/h3-4,7-8H,5-6,9-13H2,1-2H3,(H3,18,19).